The lowest BCUT2D eigenvalue weighted by Crippen LogP contribution is -2.04. The molecular formula is C18H12ClFN6O. The van der Waals surface area contributed by atoms with Crippen molar-refractivity contribution < 1.29 is 9.18 Å². The van der Waals surface area contributed by atoms with Crippen LogP contribution in [0.1, 0.15) is 15.9 Å². The first-order chi connectivity index (χ1) is 13.0. The lowest BCUT2D eigenvalue weighted by molar-refractivity contribution is 0.112. The van der Waals surface area contributed by atoms with E-state index in [4.69, 9.17) is 17.3 Å². The number of anilines is 1. The van der Waals surface area contributed by atoms with Gasteiger partial charge in [-0.25, -0.2) is 9.37 Å². The van der Waals surface area contributed by atoms with Gasteiger partial charge in [0.2, 0.25) is 5.28 Å². The Bertz CT molecular complexity index is 1160. The zero-order valence-corrected chi connectivity index (χ0v) is 14.6. The summed E-state index contributed by atoms with van der Waals surface area (Å²) in [6.07, 6.45) is 3.38. The van der Waals surface area contributed by atoms with Crippen molar-refractivity contribution in [1.29, 1.82) is 0 Å². The fourth-order valence-electron chi connectivity index (χ4n) is 2.78. The van der Waals surface area contributed by atoms with E-state index in [-0.39, 0.29) is 11.1 Å². The number of benzene rings is 1. The van der Waals surface area contributed by atoms with Gasteiger partial charge in [0.1, 0.15) is 17.9 Å². The number of carbonyl (C=O) groups excluding carboxylic acids is 1. The second-order valence-electron chi connectivity index (χ2n) is 5.82. The van der Waals surface area contributed by atoms with Gasteiger partial charge in [-0.05, 0) is 23.2 Å². The van der Waals surface area contributed by atoms with E-state index < -0.39 is 5.82 Å². The molecule has 4 rings (SSSR count). The SMILES string of the molecule is Nc1nc(Cl)nc2c1nc(-c1cncc(F)c1)n2Cc1ccc(C=O)cc1. The number of hydrogen-bond acceptors (Lipinski definition) is 6. The summed E-state index contributed by atoms with van der Waals surface area (Å²) >= 11 is 5.96. The van der Waals surface area contributed by atoms with E-state index in [1.807, 2.05) is 12.1 Å². The molecule has 0 aliphatic carbocycles. The van der Waals surface area contributed by atoms with Crippen molar-refractivity contribution in [3.63, 3.8) is 0 Å². The molecule has 3 heterocycles. The predicted molar refractivity (Wildman–Crippen MR) is 98.9 cm³/mol. The van der Waals surface area contributed by atoms with Gasteiger partial charge in [0.25, 0.3) is 0 Å². The molecule has 0 aliphatic rings. The van der Waals surface area contributed by atoms with Gasteiger partial charge in [-0.1, -0.05) is 24.3 Å². The summed E-state index contributed by atoms with van der Waals surface area (Å²) < 4.78 is 15.4. The summed E-state index contributed by atoms with van der Waals surface area (Å²) in [6.45, 7) is 0.355. The number of aldehydes is 1. The maximum absolute atomic E-state index is 13.7. The minimum absolute atomic E-state index is 0.0126. The quantitative estimate of drug-likeness (QED) is 0.430. The Labute approximate surface area is 157 Å². The number of nitrogens with zero attached hydrogens (tertiary/aromatic N) is 5. The van der Waals surface area contributed by atoms with Crippen LogP contribution in [0.2, 0.25) is 5.28 Å². The Hall–Kier alpha value is -3.39. The minimum atomic E-state index is -0.487. The third-order valence-corrected chi connectivity index (χ3v) is 4.18. The van der Waals surface area contributed by atoms with Gasteiger partial charge in [0.15, 0.2) is 17.0 Å². The molecule has 0 radical (unpaired) electrons. The Morgan fingerprint density at radius 3 is 2.63 bits per heavy atom. The molecule has 0 aliphatic heterocycles. The molecule has 2 N–H and O–H groups in total. The van der Waals surface area contributed by atoms with Crippen molar-refractivity contribution in [2.75, 3.05) is 5.73 Å². The van der Waals surface area contributed by atoms with Crippen LogP contribution in [0.4, 0.5) is 10.2 Å². The maximum Gasteiger partial charge on any atom is 0.226 e. The standard InChI is InChI=1S/C18H12ClFN6O/c19-18-24-15(21)14-17(25-18)26(8-10-1-3-11(9-27)4-2-10)16(23-14)12-5-13(20)7-22-6-12/h1-7,9H,8H2,(H2,21,24,25). The molecule has 9 heteroatoms. The second kappa shape index (κ2) is 6.73. The number of nitrogen functional groups attached to an aromatic ring is 1. The smallest absolute Gasteiger partial charge is 0.226 e. The van der Waals surface area contributed by atoms with Crippen molar-refractivity contribution in [2.45, 2.75) is 6.54 Å². The summed E-state index contributed by atoms with van der Waals surface area (Å²) in [6, 6.07) is 8.37. The monoisotopic (exact) mass is 382 g/mol. The number of hydrogen-bond donors (Lipinski definition) is 1. The van der Waals surface area contributed by atoms with Gasteiger partial charge in [0.05, 0.1) is 12.7 Å². The van der Waals surface area contributed by atoms with Crippen LogP contribution in [-0.2, 0) is 6.54 Å². The topological polar surface area (TPSA) is 99.6 Å². The number of nitrogens with two attached hydrogens (primary N) is 1. The molecule has 0 spiro atoms. The van der Waals surface area contributed by atoms with Gasteiger partial charge in [-0.15, -0.1) is 0 Å². The number of halogens is 2. The van der Waals surface area contributed by atoms with Crippen LogP contribution in [0.15, 0.2) is 42.7 Å². The zero-order chi connectivity index (χ0) is 19.0. The van der Waals surface area contributed by atoms with E-state index in [1.165, 1.54) is 12.3 Å². The highest BCUT2D eigenvalue weighted by Crippen LogP contribution is 2.28. The highest BCUT2D eigenvalue weighted by Gasteiger charge is 2.18. The van der Waals surface area contributed by atoms with Crippen molar-refractivity contribution >= 4 is 34.9 Å². The third-order valence-electron chi connectivity index (χ3n) is 4.01. The van der Waals surface area contributed by atoms with Crippen LogP contribution in [-0.4, -0.2) is 30.8 Å². The number of carbonyl (C=O) groups is 1. The second-order valence-corrected chi connectivity index (χ2v) is 6.16. The molecule has 0 bridgehead atoms. The molecule has 0 fully saturated rings. The number of rotatable bonds is 4. The largest absolute Gasteiger partial charge is 0.382 e. The molecule has 0 saturated heterocycles. The van der Waals surface area contributed by atoms with Gasteiger partial charge in [-0.2, -0.15) is 9.97 Å². The van der Waals surface area contributed by atoms with E-state index in [0.29, 0.717) is 34.7 Å². The molecule has 0 saturated carbocycles. The minimum Gasteiger partial charge on any atom is -0.382 e. The Kier molecular flexibility index (Phi) is 4.25. The van der Waals surface area contributed by atoms with Crippen molar-refractivity contribution in [3.05, 3.63) is 65.0 Å². The number of pyridine rings is 1. The Balaban J connectivity index is 1.92. The molecule has 0 amide bonds. The molecule has 0 unspecified atom stereocenters. The molecule has 4 aromatic rings. The lowest BCUT2D eigenvalue weighted by atomic mass is 10.1. The van der Waals surface area contributed by atoms with E-state index in [2.05, 4.69) is 19.9 Å². The summed E-state index contributed by atoms with van der Waals surface area (Å²) in [5, 5.41) is -0.0126. The van der Waals surface area contributed by atoms with Crippen molar-refractivity contribution in [2.24, 2.45) is 0 Å². The van der Waals surface area contributed by atoms with Crippen molar-refractivity contribution in [1.82, 2.24) is 24.5 Å². The first kappa shape index (κ1) is 17.0. The van der Waals surface area contributed by atoms with E-state index in [1.54, 1.807) is 16.7 Å². The van der Waals surface area contributed by atoms with Gasteiger partial charge >= 0.3 is 0 Å². The predicted octanol–water partition coefficient (Wildman–Crippen LogP) is 3.12. The normalized spacial score (nSPS) is 11.0. The first-order valence-electron chi connectivity index (χ1n) is 7.89. The molecule has 134 valence electrons. The van der Waals surface area contributed by atoms with Crippen molar-refractivity contribution in [3.8, 4) is 11.4 Å². The van der Waals surface area contributed by atoms with E-state index in [9.17, 15) is 9.18 Å². The van der Waals surface area contributed by atoms with Crippen LogP contribution >= 0.6 is 11.6 Å². The molecule has 3 aromatic heterocycles. The molecule has 27 heavy (non-hydrogen) atoms. The molecule has 0 atom stereocenters. The average molecular weight is 383 g/mol. The average Bonchev–Trinajstić information content (AvgIpc) is 3.01. The Morgan fingerprint density at radius 1 is 1.15 bits per heavy atom. The number of aromatic nitrogens is 5. The summed E-state index contributed by atoms with van der Waals surface area (Å²) in [5.41, 5.74) is 8.65. The fourth-order valence-corrected chi connectivity index (χ4v) is 2.95. The Morgan fingerprint density at radius 2 is 1.93 bits per heavy atom. The lowest BCUT2D eigenvalue weighted by Gasteiger charge is -2.09. The van der Waals surface area contributed by atoms with Gasteiger partial charge in [0, 0.05) is 17.3 Å². The van der Waals surface area contributed by atoms with Gasteiger partial charge < -0.3 is 10.3 Å². The van der Waals surface area contributed by atoms with Crippen LogP contribution in [0.5, 0.6) is 0 Å². The molecule has 1 aromatic carbocycles. The summed E-state index contributed by atoms with van der Waals surface area (Å²) in [5.74, 6) is 0.0731. The fraction of sp³-hybridized carbons (Fsp3) is 0.0556. The number of imidazole rings is 1. The summed E-state index contributed by atoms with van der Waals surface area (Å²) in [4.78, 5) is 27.4. The van der Waals surface area contributed by atoms with Crippen LogP contribution < -0.4 is 5.73 Å². The van der Waals surface area contributed by atoms with Crippen LogP contribution in [0, 0.1) is 5.82 Å². The highest BCUT2D eigenvalue weighted by atomic mass is 35.5. The third kappa shape index (κ3) is 3.22. The van der Waals surface area contributed by atoms with E-state index >= 15 is 0 Å². The van der Waals surface area contributed by atoms with Gasteiger partial charge in [-0.3, -0.25) is 9.78 Å². The highest BCUT2D eigenvalue weighted by molar-refractivity contribution is 6.28. The molecular weight excluding hydrogens is 371 g/mol. The van der Waals surface area contributed by atoms with E-state index in [0.717, 1.165) is 18.0 Å². The zero-order valence-electron chi connectivity index (χ0n) is 13.8. The van der Waals surface area contributed by atoms with Crippen LogP contribution in [0.3, 0.4) is 0 Å². The molecule has 7 nitrogen and oxygen atoms in total. The summed E-state index contributed by atoms with van der Waals surface area (Å²) in [7, 11) is 0. The maximum atomic E-state index is 13.7. The number of fused-ring (bicyclic) bond motifs is 1. The first-order valence-corrected chi connectivity index (χ1v) is 8.27. The van der Waals surface area contributed by atoms with Crippen LogP contribution in [0.25, 0.3) is 22.6 Å².